The maximum atomic E-state index is 15.3. The van der Waals surface area contributed by atoms with E-state index in [1.807, 2.05) is 36.5 Å². The lowest BCUT2D eigenvalue weighted by Gasteiger charge is -2.20. The number of aromatic amines is 1. The van der Waals surface area contributed by atoms with Crippen molar-refractivity contribution in [3.8, 4) is 28.0 Å². The predicted octanol–water partition coefficient (Wildman–Crippen LogP) is 4.54. The number of benzene rings is 2. The molecule has 2 heterocycles. The Morgan fingerprint density at radius 1 is 1.21 bits per heavy atom. The summed E-state index contributed by atoms with van der Waals surface area (Å²) in [7, 11) is 4.84. The van der Waals surface area contributed by atoms with Crippen LogP contribution in [0.5, 0.6) is 5.75 Å². The third kappa shape index (κ3) is 4.32. The van der Waals surface area contributed by atoms with Gasteiger partial charge in [-0.2, -0.15) is 0 Å². The van der Waals surface area contributed by atoms with Crippen molar-refractivity contribution in [2.24, 2.45) is 0 Å². The molecule has 7 nitrogen and oxygen atoms in total. The van der Waals surface area contributed by atoms with E-state index in [1.165, 1.54) is 11.0 Å². The minimum atomic E-state index is -0.581. The number of fused-ring (bicyclic) bond motifs is 1. The van der Waals surface area contributed by atoms with Crippen molar-refractivity contribution in [3.05, 3.63) is 66.2 Å². The van der Waals surface area contributed by atoms with Crippen LogP contribution in [-0.2, 0) is 0 Å². The summed E-state index contributed by atoms with van der Waals surface area (Å²) in [6.07, 6.45) is 3.51. The molecule has 34 heavy (non-hydrogen) atoms. The molecule has 8 heteroatoms. The maximum Gasteiger partial charge on any atom is 0.255 e. The smallest absolute Gasteiger partial charge is 0.255 e. The molecular weight excluding hydrogens is 435 g/mol. The third-order valence-electron chi connectivity index (χ3n) is 5.65. The van der Waals surface area contributed by atoms with Crippen LogP contribution in [0.2, 0.25) is 0 Å². The van der Waals surface area contributed by atoms with Gasteiger partial charge >= 0.3 is 0 Å². The van der Waals surface area contributed by atoms with E-state index in [0.29, 0.717) is 16.8 Å². The number of para-hydroxylation sites is 1. The minimum absolute atomic E-state index is 0.0643. The van der Waals surface area contributed by atoms with Crippen molar-refractivity contribution in [1.29, 1.82) is 0 Å². The molecule has 0 saturated heterocycles. The number of H-pyrrole nitrogens is 1. The minimum Gasteiger partial charge on any atom is -0.496 e. The van der Waals surface area contributed by atoms with Gasteiger partial charge in [0, 0.05) is 54.6 Å². The van der Waals surface area contributed by atoms with Crippen molar-refractivity contribution in [3.63, 3.8) is 0 Å². The molecule has 3 N–H and O–H groups in total. The number of aromatic nitrogens is 2. The number of ether oxygens (including phenoxy) is 1. The quantitative estimate of drug-likeness (QED) is 0.375. The second-order valence-corrected chi connectivity index (χ2v) is 8.33. The second-order valence-electron chi connectivity index (χ2n) is 8.33. The van der Waals surface area contributed by atoms with Gasteiger partial charge in [0.15, 0.2) is 0 Å². The number of nitrogens with zero attached hydrogens (tertiary/aromatic N) is 2. The van der Waals surface area contributed by atoms with Crippen LogP contribution in [0.4, 0.5) is 10.1 Å². The SMILES string of the molecule is COc1ccccc1-c1c[nH]c2ncc(-c3cc(F)c(N[C@@H](C)CO)c(C(=O)N(C)C)c3)cc12. The van der Waals surface area contributed by atoms with Gasteiger partial charge in [-0.15, -0.1) is 0 Å². The number of methoxy groups -OCH3 is 1. The first-order chi connectivity index (χ1) is 16.3. The van der Waals surface area contributed by atoms with Crippen molar-refractivity contribution in [2.75, 3.05) is 33.1 Å². The van der Waals surface area contributed by atoms with Crippen LogP contribution in [0, 0.1) is 5.82 Å². The van der Waals surface area contributed by atoms with Gasteiger partial charge in [-0.1, -0.05) is 18.2 Å². The van der Waals surface area contributed by atoms with Crippen molar-refractivity contribution in [1.82, 2.24) is 14.9 Å². The summed E-state index contributed by atoms with van der Waals surface area (Å²) < 4.78 is 20.8. The van der Waals surface area contributed by atoms with E-state index in [-0.39, 0.29) is 23.8 Å². The van der Waals surface area contributed by atoms with Crippen molar-refractivity contribution >= 4 is 22.6 Å². The molecule has 1 atom stereocenters. The Morgan fingerprint density at radius 3 is 2.68 bits per heavy atom. The molecule has 0 aliphatic rings. The van der Waals surface area contributed by atoms with Crippen LogP contribution in [0.1, 0.15) is 17.3 Å². The Kier molecular flexibility index (Phi) is 6.51. The maximum absolute atomic E-state index is 15.3. The Labute approximate surface area is 197 Å². The van der Waals surface area contributed by atoms with E-state index in [9.17, 15) is 9.90 Å². The number of hydrogen-bond acceptors (Lipinski definition) is 5. The number of carbonyl (C=O) groups excluding carboxylic acids is 1. The van der Waals surface area contributed by atoms with E-state index in [2.05, 4.69) is 15.3 Å². The first kappa shape index (κ1) is 23.3. The van der Waals surface area contributed by atoms with E-state index in [4.69, 9.17) is 4.74 Å². The highest BCUT2D eigenvalue weighted by molar-refractivity contribution is 6.02. The van der Waals surface area contributed by atoms with Crippen molar-refractivity contribution < 1.29 is 19.0 Å². The molecule has 0 fully saturated rings. The zero-order chi connectivity index (χ0) is 24.4. The Balaban J connectivity index is 1.86. The molecule has 176 valence electrons. The second kappa shape index (κ2) is 9.52. The number of hydrogen-bond donors (Lipinski definition) is 3. The molecule has 2 aromatic heterocycles. The lowest BCUT2D eigenvalue weighted by atomic mass is 9.99. The number of pyridine rings is 1. The van der Waals surface area contributed by atoms with Gasteiger partial charge in [0.05, 0.1) is 25.0 Å². The number of anilines is 1. The lowest BCUT2D eigenvalue weighted by molar-refractivity contribution is 0.0828. The van der Waals surface area contributed by atoms with Gasteiger partial charge in [-0.05, 0) is 36.8 Å². The first-order valence-corrected chi connectivity index (χ1v) is 10.9. The third-order valence-corrected chi connectivity index (χ3v) is 5.65. The zero-order valence-corrected chi connectivity index (χ0v) is 19.5. The molecule has 0 aliphatic carbocycles. The van der Waals surface area contributed by atoms with Gasteiger partial charge < -0.3 is 25.0 Å². The molecular formula is C26H27FN4O3. The molecule has 2 aromatic carbocycles. The topological polar surface area (TPSA) is 90.5 Å². The fourth-order valence-corrected chi connectivity index (χ4v) is 3.87. The van der Waals surface area contributed by atoms with Crippen LogP contribution in [0.3, 0.4) is 0 Å². The number of aliphatic hydroxyl groups excluding tert-OH is 1. The zero-order valence-electron chi connectivity index (χ0n) is 19.5. The van der Waals surface area contributed by atoms with Gasteiger partial charge in [-0.25, -0.2) is 9.37 Å². The lowest BCUT2D eigenvalue weighted by Crippen LogP contribution is -2.26. The number of halogens is 1. The summed E-state index contributed by atoms with van der Waals surface area (Å²) in [4.78, 5) is 22.0. The Morgan fingerprint density at radius 2 is 1.97 bits per heavy atom. The largest absolute Gasteiger partial charge is 0.496 e. The highest BCUT2D eigenvalue weighted by Gasteiger charge is 2.21. The highest BCUT2D eigenvalue weighted by atomic mass is 19.1. The molecule has 0 radical (unpaired) electrons. The Hall–Kier alpha value is -3.91. The summed E-state index contributed by atoms with van der Waals surface area (Å²) in [6.45, 7) is 1.51. The molecule has 0 aliphatic heterocycles. The summed E-state index contributed by atoms with van der Waals surface area (Å²) in [5, 5.41) is 13.1. The average Bonchev–Trinajstić information content (AvgIpc) is 3.27. The fourth-order valence-electron chi connectivity index (χ4n) is 3.87. The van der Waals surface area contributed by atoms with Gasteiger partial charge in [-0.3, -0.25) is 4.79 Å². The normalized spacial score (nSPS) is 11.9. The molecule has 0 spiro atoms. The number of carbonyl (C=O) groups is 1. The van der Waals surface area contributed by atoms with Gasteiger partial charge in [0.25, 0.3) is 5.91 Å². The number of rotatable bonds is 7. The number of aliphatic hydroxyl groups is 1. The first-order valence-electron chi connectivity index (χ1n) is 10.9. The standard InChI is InChI=1S/C26H27FN4O3/c1-15(14-32)30-24-20(26(33)31(2)3)9-16(11-22(24)27)17-10-19-21(13-29-25(19)28-12-17)18-7-5-6-8-23(18)34-4/h5-13,15,30,32H,14H2,1-4H3,(H,28,29)/t15-/m0/s1. The summed E-state index contributed by atoms with van der Waals surface area (Å²) in [5.74, 6) is -0.201. The molecule has 0 saturated carbocycles. The van der Waals surface area contributed by atoms with E-state index >= 15 is 4.39 Å². The van der Waals surface area contributed by atoms with Crippen LogP contribution >= 0.6 is 0 Å². The predicted molar refractivity (Wildman–Crippen MR) is 132 cm³/mol. The molecule has 4 rings (SSSR count). The molecule has 0 bridgehead atoms. The van der Waals surface area contributed by atoms with E-state index < -0.39 is 11.9 Å². The molecule has 1 amide bonds. The van der Waals surface area contributed by atoms with Crippen LogP contribution < -0.4 is 10.1 Å². The van der Waals surface area contributed by atoms with Crippen LogP contribution in [0.15, 0.2) is 54.9 Å². The monoisotopic (exact) mass is 462 g/mol. The fraction of sp³-hybridized carbons (Fsp3) is 0.231. The Bertz CT molecular complexity index is 1350. The number of nitrogens with one attached hydrogen (secondary N) is 2. The highest BCUT2D eigenvalue weighted by Crippen LogP contribution is 2.37. The van der Waals surface area contributed by atoms with Gasteiger partial charge in [0.2, 0.25) is 0 Å². The van der Waals surface area contributed by atoms with Gasteiger partial charge in [0.1, 0.15) is 17.2 Å². The van der Waals surface area contributed by atoms with E-state index in [0.717, 1.165) is 22.3 Å². The van der Waals surface area contributed by atoms with Crippen LogP contribution in [0.25, 0.3) is 33.3 Å². The summed E-state index contributed by atoms with van der Waals surface area (Å²) in [5.41, 5.74) is 3.92. The summed E-state index contributed by atoms with van der Waals surface area (Å²) in [6, 6.07) is 12.2. The van der Waals surface area contributed by atoms with Crippen LogP contribution in [-0.4, -0.2) is 59.7 Å². The summed E-state index contributed by atoms with van der Waals surface area (Å²) >= 11 is 0. The molecule has 4 aromatic rings. The average molecular weight is 463 g/mol. The molecule has 0 unspecified atom stereocenters. The van der Waals surface area contributed by atoms with E-state index in [1.54, 1.807) is 40.4 Å². The number of amides is 1. The van der Waals surface area contributed by atoms with Crippen molar-refractivity contribution in [2.45, 2.75) is 13.0 Å².